The lowest BCUT2D eigenvalue weighted by molar-refractivity contribution is 0.176. The van der Waals surface area contributed by atoms with Gasteiger partial charge in [0.1, 0.15) is 0 Å². The smallest absolute Gasteiger partial charge is 0.0834 e. The molecule has 1 N–H and O–H groups in total. The highest BCUT2D eigenvalue weighted by molar-refractivity contribution is 7.99. The molecule has 2 rings (SSSR count). The fourth-order valence-electron chi connectivity index (χ4n) is 2.73. The normalized spacial score (nSPS) is 21.6. The lowest BCUT2D eigenvalue weighted by atomic mass is 10.0. The summed E-state index contributed by atoms with van der Waals surface area (Å²) >= 11 is 8.44. The molecule has 21 heavy (non-hydrogen) atoms. The van der Waals surface area contributed by atoms with Crippen molar-refractivity contribution in [2.45, 2.75) is 25.6 Å². The minimum atomic E-state index is 0.194. The van der Waals surface area contributed by atoms with E-state index in [0.717, 1.165) is 36.1 Å². The summed E-state index contributed by atoms with van der Waals surface area (Å²) in [5.74, 6) is 2.31. The van der Waals surface area contributed by atoms with E-state index in [9.17, 15) is 0 Å². The third-order valence-electron chi connectivity index (χ3n) is 3.89. The van der Waals surface area contributed by atoms with Gasteiger partial charge in [-0.2, -0.15) is 16.9 Å². The minimum Gasteiger partial charge on any atom is -0.383 e. The maximum Gasteiger partial charge on any atom is 0.0834 e. The summed E-state index contributed by atoms with van der Waals surface area (Å²) < 4.78 is 7.16. The molecule has 0 saturated carbocycles. The molecule has 5 nitrogen and oxygen atoms in total. The van der Waals surface area contributed by atoms with E-state index in [1.807, 2.05) is 16.4 Å². The van der Waals surface area contributed by atoms with Crippen LogP contribution in [-0.4, -0.2) is 66.1 Å². The van der Waals surface area contributed by atoms with Gasteiger partial charge in [-0.05, 0) is 13.6 Å². The van der Waals surface area contributed by atoms with Crippen LogP contribution < -0.4 is 5.32 Å². The largest absolute Gasteiger partial charge is 0.383 e. The van der Waals surface area contributed by atoms with Crippen LogP contribution in [0.3, 0.4) is 0 Å². The van der Waals surface area contributed by atoms with Gasteiger partial charge in [0.15, 0.2) is 0 Å². The predicted molar refractivity (Wildman–Crippen MR) is 89.3 cm³/mol. The van der Waals surface area contributed by atoms with Crippen molar-refractivity contribution in [3.8, 4) is 0 Å². The van der Waals surface area contributed by atoms with Gasteiger partial charge in [-0.15, -0.1) is 0 Å². The topological polar surface area (TPSA) is 42.3 Å². The number of halogens is 1. The second kappa shape index (κ2) is 8.39. The van der Waals surface area contributed by atoms with Crippen LogP contribution in [0.4, 0.5) is 0 Å². The minimum absolute atomic E-state index is 0.194. The van der Waals surface area contributed by atoms with Crippen molar-refractivity contribution in [3.63, 3.8) is 0 Å². The zero-order valence-corrected chi connectivity index (χ0v) is 14.6. The number of nitrogens with zero attached hydrogens (tertiary/aromatic N) is 3. The third-order valence-corrected chi connectivity index (χ3v) is 5.23. The number of hydrogen-bond donors (Lipinski definition) is 1. The van der Waals surface area contributed by atoms with Gasteiger partial charge in [-0.1, -0.05) is 18.5 Å². The summed E-state index contributed by atoms with van der Waals surface area (Å²) in [5, 5.41) is 8.75. The molecule has 1 saturated heterocycles. The summed E-state index contributed by atoms with van der Waals surface area (Å²) in [7, 11) is 3.90. The molecule has 1 fully saturated rings. The van der Waals surface area contributed by atoms with Crippen molar-refractivity contribution >= 4 is 23.4 Å². The standard InChI is InChI=1S/C14H25ClN4OS/c1-4-16-13(12-10-21-8-6-18(12)2)14-11(15)9-17-19(14)5-7-20-3/h9,12-13,16H,4-8,10H2,1-3H3. The highest BCUT2D eigenvalue weighted by Gasteiger charge is 2.32. The second-order valence-electron chi connectivity index (χ2n) is 5.25. The first-order valence-electron chi connectivity index (χ1n) is 7.40. The second-order valence-corrected chi connectivity index (χ2v) is 6.81. The van der Waals surface area contributed by atoms with Gasteiger partial charge in [0.2, 0.25) is 0 Å². The molecular weight excluding hydrogens is 308 g/mol. The number of rotatable bonds is 7. The molecule has 0 radical (unpaired) electrons. The van der Waals surface area contributed by atoms with Crippen LogP contribution >= 0.6 is 23.4 Å². The van der Waals surface area contributed by atoms with Crippen molar-refractivity contribution in [1.82, 2.24) is 20.0 Å². The molecule has 2 atom stereocenters. The SMILES string of the molecule is CCNC(c1c(Cl)cnn1CCOC)C1CSCCN1C. The van der Waals surface area contributed by atoms with Crippen molar-refractivity contribution in [2.24, 2.45) is 0 Å². The molecule has 0 amide bonds. The Morgan fingerprint density at radius 1 is 1.62 bits per heavy atom. The summed E-state index contributed by atoms with van der Waals surface area (Å²) in [6, 6.07) is 0.624. The molecule has 120 valence electrons. The third kappa shape index (κ3) is 4.13. The number of aromatic nitrogens is 2. The first-order valence-corrected chi connectivity index (χ1v) is 8.93. The van der Waals surface area contributed by atoms with Crippen LogP contribution in [0.25, 0.3) is 0 Å². The van der Waals surface area contributed by atoms with Gasteiger partial charge in [0.05, 0.1) is 36.1 Å². The quantitative estimate of drug-likeness (QED) is 0.826. The molecule has 1 aromatic rings. The highest BCUT2D eigenvalue weighted by Crippen LogP contribution is 2.31. The lowest BCUT2D eigenvalue weighted by Crippen LogP contribution is -2.48. The van der Waals surface area contributed by atoms with Gasteiger partial charge in [-0.25, -0.2) is 0 Å². The van der Waals surface area contributed by atoms with E-state index in [1.54, 1.807) is 13.3 Å². The van der Waals surface area contributed by atoms with Crippen molar-refractivity contribution in [1.29, 1.82) is 0 Å². The first kappa shape index (κ1) is 17.1. The molecule has 0 bridgehead atoms. The van der Waals surface area contributed by atoms with E-state index in [1.165, 1.54) is 5.75 Å². The predicted octanol–water partition coefficient (Wildman–Crippen LogP) is 1.88. The van der Waals surface area contributed by atoms with Gasteiger partial charge in [0.25, 0.3) is 0 Å². The number of thioether (sulfide) groups is 1. The van der Waals surface area contributed by atoms with E-state index < -0.39 is 0 Å². The fraction of sp³-hybridized carbons (Fsp3) is 0.786. The maximum absolute atomic E-state index is 6.43. The Hall–Kier alpha value is -0.270. The number of hydrogen-bond acceptors (Lipinski definition) is 5. The van der Waals surface area contributed by atoms with Crippen LogP contribution in [0.1, 0.15) is 18.7 Å². The molecule has 2 heterocycles. The van der Waals surface area contributed by atoms with Crippen LogP contribution in [0.2, 0.25) is 5.02 Å². The van der Waals surface area contributed by atoms with Gasteiger partial charge in [-0.3, -0.25) is 9.58 Å². The van der Waals surface area contributed by atoms with Crippen LogP contribution in [-0.2, 0) is 11.3 Å². The van der Waals surface area contributed by atoms with Crippen molar-refractivity contribution in [3.05, 3.63) is 16.9 Å². The number of likely N-dealkylation sites (N-methyl/N-ethyl adjacent to an activating group) is 2. The van der Waals surface area contributed by atoms with Crippen LogP contribution in [0, 0.1) is 0 Å². The summed E-state index contributed by atoms with van der Waals surface area (Å²) in [6.45, 7) is 5.52. The zero-order chi connectivity index (χ0) is 15.2. The van der Waals surface area contributed by atoms with E-state index in [4.69, 9.17) is 16.3 Å². The number of methoxy groups -OCH3 is 1. The lowest BCUT2D eigenvalue weighted by Gasteiger charge is -2.38. The van der Waals surface area contributed by atoms with E-state index in [-0.39, 0.29) is 6.04 Å². The summed E-state index contributed by atoms with van der Waals surface area (Å²) in [4.78, 5) is 2.42. The Labute approximate surface area is 136 Å². The number of nitrogens with one attached hydrogen (secondary N) is 1. The molecular formula is C14H25ClN4OS. The Morgan fingerprint density at radius 3 is 3.10 bits per heavy atom. The Bertz CT molecular complexity index is 443. The molecule has 0 spiro atoms. The molecule has 1 aliphatic heterocycles. The van der Waals surface area contributed by atoms with Crippen molar-refractivity contribution in [2.75, 3.05) is 45.4 Å². The molecule has 0 aliphatic carbocycles. The van der Waals surface area contributed by atoms with Gasteiger partial charge < -0.3 is 10.1 Å². The van der Waals surface area contributed by atoms with E-state index in [2.05, 4.69) is 29.3 Å². The number of ether oxygens (including phenoxy) is 1. The van der Waals surface area contributed by atoms with Crippen molar-refractivity contribution < 1.29 is 4.74 Å². The van der Waals surface area contributed by atoms with E-state index >= 15 is 0 Å². The Balaban J connectivity index is 2.26. The molecule has 2 unspecified atom stereocenters. The average molecular weight is 333 g/mol. The Morgan fingerprint density at radius 2 is 2.43 bits per heavy atom. The Kier molecular flexibility index (Phi) is 6.82. The van der Waals surface area contributed by atoms with Gasteiger partial charge >= 0.3 is 0 Å². The fourth-order valence-corrected chi connectivity index (χ4v) is 4.26. The average Bonchev–Trinajstić information content (AvgIpc) is 2.84. The molecule has 1 aliphatic rings. The summed E-state index contributed by atoms with van der Waals surface area (Å²) in [5.41, 5.74) is 1.08. The monoisotopic (exact) mass is 332 g/mol. The highest BCUT2D eigenvalue weighted by atomic mass is 35.5. The van der Waals surface area contributed by atoms with Crippen LogP contribution in [0.15, 0.2) is 6.20 Å². The maximum atomic E-state index is 6.43. The van der Waals surface area contributed by atoms with Gasteiger partial charge in [0, 0.05) is 31.2 Å². The van der Waals surface area contributed by atoms with E-state index in [0.29, 0.717) is 12.6 Å². The molecule has 0 aromatic carbocycles. The zero-order valence-electron chi connectivity index (χ0n) is 13.0. The molecule has 7 heteroatoms. The summed E-state index contributed by atoms with van der Waals surface area (Å²) in [6.07, 6.45) is 1.74. The van der Waals surface area contributed by atoms with Crippen LogP contribution in [0.5, 0.6) is 0 Å². The molecule has 1 aromatic heterocycles. The first-order chi connectivity index (χ1) is 10.2.